The monoisotopic (exact) mass is 170 g/mol. The second kappa shape index (κ2) is 4.96. The van der Waals surface area contributed by atoms with Crippen LogP contribution in [0.5, 0.6) is 0 Å². The molecule has 12 heavy (non-hydrogen) atoms. The molecule has 0 aliphatic carbocycles. The maximum absolute atomic E-state index is 10.7. The Morgan fingerprint density at radius 2 is 1.92 bits per heavy atom. The molecular formula is C10H18O2. The zero-order valence-electron chi connectivity index (χ0n) is 8.29. The summed E-state index contributed by atoms with van der Waals surface area (Å²) in [4.78, 5) is 10.7. The van der Waals surface area contributed by atoms with Gasteiger partial charge >= 0.3 is 5.97 Å². The normalized spacial score (nSPS) is 14.9. The molecule has 0 aromatic carbocycles. The lowest BCUT2D eigenvalue weighted by atomic mass is 9.92. The van der Waals surface area contributed by atoms with Crippen molar-refractivity contribution in [1.82, 2.24) is 0 Å². The highest BCUT2D eigenvalue weighted by Crippen LogP contribution is 2.19. The number of carboxylic acid groups (broad SMARTS) is 1. The summed E-state index contributed by atoms with van der Waals surface area (Å²) in [5.41, 5.74) is 0.531. The molecule has 0 fully saturated rings. The van der Waals surface area contributed by atoms with Crippen molar-refractivity contribution < 1.29 is 9.90 Å². The topological polar surface area (TPSA) is 37.3 Å². The second-order valence-electron chi connectivity index (χ2n) is 3.58. The van der Waals surface area contributed by atoms with Crippen LogP contribution >= 0.6 is 0 Å². The molecule has 0 spiro atoms. The third kappa shape index (κ3) is 3.56. The van der Waals surface area contributed by atoms with Gasteiger partial charge in [-0.1, -0.05) is 26.8 Å². The Kier molecular flexibility index (Phi) is 4.64. The molecular weight excluding hydrogens is 152 g/mol. The first kappa shape index (κ1) is 11.2. The van der Waals surface area contributed by atoms with Crippen LogP contribution in [0.25, 0.3) is 0 Å². The van der Waals surface area contributed by atoms with E-state index in [1.54, 1.807) is 13.0 Å². The molecule has 0 aliphatic heterocycles. The largest absolute Gasteiger partial charge is 0.478 e. The van der Waals surface area contributed by atoms with Gasteiger partial charge < -0.3 is 5.11 Å². The van der Waals surface area contributed by atoms with E-state index >= 15 is 0 Å². The fraction of sp³-hybridized carbons (Fsp3) is 0.700. The van der Waals surface area contributed by atoms with Crippen molar-refractivity contribution in [3.05, 3.63) is 11.6 Å². The Bertz CT molecular complexity index is 180. The van der Waals surface area contributed by atoms with Gasteiger partial charge in [0.2, 0.25) is 0 Å². The Hall–Kier alpha value is -0.790. The van der Waals surface area contributed by atoms with E-state index in [1.807, 2.05) is 6.92 Å². The Balaban J connectivity index is 4.24. The molecule has 0 heterocycles. The van der Waals surface area contributed by atoms with Crippen LogP contribution in [0.3, 0.4) is 0 Å². The summed E-state index contributed by atoms with van der Waals surface area (Å²) in [6.07, 6.45) is 2.63. The number of rotatable bonds is 4. The van der Waals surface area contributed by atoms with Gasteiger partial charge in [-0.05, 0) is 25.2 Å². The minimum Gasteiger partial charge on any atom is -0.478 e. The lowest BCUT2D eigenvalue weighted by molar-refractivity contribution is -0.133. The van der Waals surface area contributed by atoms with Gasteiger partial charge in [0.05, 0.1) is 0 Å². The molecule has 1 unspecified atom stereocenters. The van der Waals surface area contributed by atoms with Gasteiger partial charge in [0, 0.05) is 5.57 Å². The summed E-state index contributed by atoms with van der Waals surface area (Å²) >= 11 is 0. The van der Waals surface area contributed by atoms with E-state index in [0.717, 1.165) is 6.42 Å². The van der Waals surface area contributed by atoms with Crippen molar-refractivity contribution in [2.75, 3.05) is 0 Å². The van der Waals surface area contributed by atoms with Gasteiger partial charge in [-0.3, -0.25) is 0 Å². The number of hydrogen-bond acceptors (Lipinski definition) is 1. The smallest absolute Gasteiger partial charge is 0.331 e. The van der Waals surface area contributed by atoms with Crippen LogP contribution in [0.4, 0.5) is 0 Å². The average molecular weight is 170 g/mol. The highest BCUT2D eigenvalue weighted by Gasteiger charge is 2.15. The Morgan fingerprint density at radius 3 is 2.17 bits per heavy atom. The first-order chi connectivity index (χ1) is 5.49. The second-order valence-corrected chi connectivity index (χ2v) is 3.58. The van der Waals surface area contributed by atoms with Crippen LogP contribution in [0.1, 0.15) is 34.1 Å². The van der Waals surface area contributed by atoms with Crippen LogP contribution in [-0.4, -0.2) is 11.1 Å². The predicted octanol–water partition coefficient (Wildman–Crippen LogP) is 2.70. The molecule has 0 saturated carbocycles. The van der Waals surface area contributed by atoms with Crippen LogP contribution in [0.2, 0.25) is 0 Å². The van der Waals surface area contributed by atoms with E-state index in [0.29, 0.717) is 11.5 Å². The maximum Gasteiger partial charge on any atom is 0.331 e. The molecule has 0 aromatic heterocycles. The molecule has 0 bridgehead atoms. The molecule has 2 heteroatoms. The van der Waals surface area contributed by atoms with Crippen molar-refractivity contribution in [3.8, 4) is 0 Å². The number of carboxylic acids is 1. The van der Waals surface area contributed by atoms with Crippen molar-refractivity contribution in [3.63, 3.8) is 0 Å². The Morgan fingerprint density at radius 1 is 1.42 bits per heavy atom. The van der Waals surface area contributed by atoms with Gasteiger partial charge in [0.15, 0.2) is 0 Å². The van der Waals surface area contributed by atoms with Gasteiger partial charge in [0.1, 0.15) is 0 Å². The summed E-state index contributed by atoms with van der Waals surface area (Å²) in [5.74, 6) is -0.0764. The van der Waals surface area contributed by atoms with Crippen molar-refractivity contribution in [2.45, 2.75) is 34.1 Å². The molecule has 1 N–H and O–H groups in total. The number of hydrogen-bond donors (Lipinski definition) is 1. The molecule has 0 aromatic rings. The SMILES string of the molecule is CC=C(C(=O)O)C(C)CC(C)C. The lowest BCUT2D eigenvalue weighted by Crippen LogP contribution is -2.11. The van der Waals surface area contributed by atoms with E-state index in [-0.39, 0.29) is 5.92 Å². The quantitative estimate of drug-likeness (QED) is 0.659. The summed E-state index contributed by atoms with van der Waals surface area (Å²) < 4.78 is 0. The van der Waals surface area contributed by atoms with Gasteiger partial charge in [-0.25, -0.2) is 4.79 Å². The predicted molar refractivity (Wildman–Crippen MR) is 50.0 cm³/mol. The Labute approximate surface area is 74.3 Å². The molecule has 0 amide bonds. The summed E-state index contributed by atoms with van der Waals surface area (Å²) in [6.45, 7) is 7.95. The fourth-order valence-corrected chi connectivity index (χ4v) is 1.45. The summed E-state index contributed by atoms with van der Waals surface area (Å²) in [7, 11) is 0. The minimum absolute atomic E-state index is 0.160. The summed E-state index contributed by atoms with van der Waals surface area (Å²) in [6, 6.07) is 0. The molecule has 0 saturated heterocycles. The van der Waals surface area contributed by atoms with Gasteiger partial charge in [0.25, 0.3) is 0 Å². The van der Waals surface area contributed by atoms with Crippen LogP contribution in [0.15, 0.2) is 11.6 Å². The zero-order chi connectivity index (χ0) is 9.72. The van der Waals surface area contributed by atoms with Crippen LogP contribution in [-0.2, 0) is 4.79 Å². The molecule has 1 atom stereocenters. The lowest BCUT2D eigenvalue weighted by Gasteiger charge is -2.14. The first-order valence-electron chi connectivity index (χ1n) is 4.38. The average Bonchev–Trinajstić information content (AvgIpc) is 1.85. The standard InChI is InChI=1S/C10H18O2/c1-5-9(10(11)12)8(4)6-7(2)3/h5,7-8H,6H2,1-4H3,(H,11,12). The van der Waals surface area contributed by atoms with Crippen LogP contribution in [0, 0.1) is 11.8 Å². The molecule has 0 rings (SSSR count). The van der Waals surface area contributed by atoms with Gasteiger partial charge in [-0.15, -0.1) is 0 Å². The van der Waals surface area contributed by atoms with Crippen molar-refractivity contribution in [1.29, 1.82) is 0 Å². The molecule has 0 aliphatic rings. The minimum atomic E-state index is -0.786. The zero-order valence-corrected chi connectivity index (χ0v) is 8.29. The number of carbonyl (C=O) groups is 1. The van der Waals surface area contributed by atoms with Crippen molar-refractivity contribution >= 4 is 5.97 Å². The molecule has 70 valence electrons. The maximum atomic E-state index is 10.7. The number of aliphatic carboxylic acids is 1. The summed E-state index contributed by atoms with van der Waals surface area (Å²) in [5, 5.41) is 8.79. The third-order valence-electron chi connectivity index (χ3n) is 1.91. The van der Waals surface area contributed by atoms with E-state index in [9.17, 15) is 4.79 Å². The first-order valence-corrected chi connectivity index (χ1v) is 4.38. The van der Waals surface area contributed by atoms with E-state index < -0.39 is 5.97 Å². The highest BCUT2D eigenvalue weighted by molar-refractivity contribution is 5.86. The highest BCUT2D eigenvalue weighted by atomic mass is 16.4. The van der Waals surface area contributed by atoms with Crippen LogP contribution < -0.4 is 0 Å². The van der Waals surface area contributed by atoms with E-state index in [1.165, 1.54) is 0 Å². The number of allylic oxidation sites excluding steroid dienone is 1. The third-order valence-corrected chi connectivity index (χ3v) is 1.91. The van der Waals surface area contributed by atoms with Gasteiger partial charge in [-0.2, -0.15) is 0 Å². The van der Waals surface area contributed by atoms with E-state index in [2.05, 4.69) is 13.8 Å². The molecule has 2 nitrogen and oxygen atoms in total. The van der Waals surface area contributed by atoms with Crippen molar-refractivity contribution in [2.24, 2.45) is 11.8 Å². The van der Waals surface area contributed by atoms with E-state index in [4.69, 9.17) is 5.11 Å². The fourth-order valence-electron chi connectivity index (χ4n) is 1.45. The molecule has 0 radical (unpaired) electrons.